The summed E-state index contributed by atoms with van der Waals surface area (Å²) in [7, 11) is 3.11. The van der Waals surface area contributed by atoms with Crippen LogP contribution in [0.5, 0.6) is 0 Å². The van der Waals surface area contributed by atoms with Crippen molar-refractivity contribution in [1.82, 2.24) is 9.55 Å². The summed E-state index contributed by atoms with van der Waals surface area (Å²) >= 11 is 6.54. The first kappa shape index (κ1) is 29.6. The highest BCUT2D eigenvalue weighted by Gasteiger charge is 2.39. The van der Waals surface area contributed by atoms with Gasteiger partial charge in [0, 0.05) is 38.4 Å². The highest BCUT2D eigenvalue weighted by Crippen LogP contribution is 2.32. The molecule has 206 valence electrons. The summed E-state index contributed by atoms with van der Waals surface area (Å²) < 4.78 is 56.8. The number of nitrogens with zero attached hydrogens (tertiary/aromatic N) is 2. The molecule has 3 rings (SSSR count). The molecule has 0 fully saturated rings. The van der Waals surface area contributed by atoms with Gasteiger partial charge in [0.05, 0.1) is 13.2 Å². The minimum atomic E-state index is -4.98. The molecule has 0 saturated carbocycles. The molecule has 1 atom stereocenters. The van der Waals surface area contributed by atoms with Gasteiger partial charge < -0.3 is 24.1 Å². The number of aromatic nitrogens is 2. The van der Waals surface area contributed by atoms with Crippen molar-refractivity contribution in [2.45, 2.75) is 45.2 Å². The summed E-state index contributed by atoms with van der Waals surface area (Å²) in [4.78, 5) is 16.1. The number of carbonyl (C=O) groups excluding carboxylic acids is 1. The van der Waals surface area contributed by atoms with Crippen LogP contribution in [0, 0.1) is 0 Å². The number of nitrogens with one attached hydrogen (secondary N) is 1. The van der Waals surface area contributed by atoms with E-state index in [0.717, 1.165) is 30.7 Å². The molecule has 11 heteroatoms. The van der Waals surface area contributed by atoms with E-state index in [4.69, 9.17) is 25.8 Å². The molecule has 0 aliphatic carbocycles. The molecule has 2 aromatic carbocycles. The highest BCUT2D eigenvalue weighted by atomic mass is 35.5. The zero-order valence-corrected chi connectivity index (χ0v) is 22.2. The van der Waals surface area contributed by atoms with Crippen LogP contribution in [0.2, 0.25) is 5.15 Å². The van der Waals surface area contributed by atoms with Crippen LogP contribution in [-0.4, -0.2) is 49.1 Å². The molecule has 1 unspecified atom stereocenters. The number of hydrogen-bond donors (Lipinski definition) is 1. The lowest BCUT2D eigenvalue weighted by atomic mass is 10.0. The fourth-order valence-electron chi connectivity index (χ4n) is 3.91. The molecule has 0 aliphatic heterocycles. The summed E-state index contributed by atoms with van der Waals surface area (Å²) in [6, 6.07) is 13.7. The molecule has 0 aliphatic rings. The minimum absolute atomic E-state index is 0.0734. The second-order valence-corrected chi connectivity index (χ2v) is 8.88. The average Bonchev–Trinajstić information content (AvgIpc) is 3.20. The number of unbranched alkanes of at least 4 members (excludes halogenated alkanes) is 1. The minimum Gasteiger partial charge on any atom is -0.382 e. The standard InChI is InChI=1S/C27H31ClF3N3O4/c1-4-5-10-22-33-24(28)23(25(37-3)38-16-15-36-2)34(22)17-18-11-13-19(14-12-18)20-8-6-7-9-21(20)32-26(35)27(29,30)31/h6-9,11-14,25H,4-5,10,15-17H2,1-3H3,(H,32,35). The Bertz CT molecular complexity index is 1200. The predicted octanol–water partition coefficient (Wildman–Crippen LogP) is 6.40. The number of hydrogen-bond acceptors (Lipinski definition) is 5. The Kier molecular flexibility index (Phi) is 10.7. The van der Waals surface area contributed by atoms with E-state index < -0.39 is 18.4 Å². The molecule has 0 bridgehead atoms. The van der Waals surface area contributed by atoms with Crippen molar-refractivity contribution >= 4 is 23.2 Å². The second-order valence-electron chi connectivity index (χ2n) is 8.52. The normalized spacial score (nSPS) is 12.5. The molecule has 0 spiro atoms. The number of imidazole rings is 1. The third-order valence-electron chi connectivity index (χ3n) is 5.83. The molecular weight excluding hydrogens is 523 g/mol. The topological polar surface area (TPSA) is 74.6 Å². The predicted molar refractivity (Wildman–Crippen MR) is 139 cm³/mol. The van der Waals surface area contributed by atoms with Gasteiger partial charge in [-0.1, -0.05) is 67.4 Å². The van der Waals surface area contributed by atoms with Crippen molar-refractivity contribution in [1.29, 1.82) is 0 Å². The maximum atomic E-state index is 12.8. The zero-order chi connectivity index (χ0) is 27.7. The molecule has 1 aromatic heterocycles. The van der Waals surface area contributed by atoms with Crippen LogP contribution in [0.25, 0.3) is 11.1 Å². The Morgan fingerprint density at radius 2 is 1.82 bits per heavy atom. The van der Waals surface area contributed by atoms with Crippen molar-refractivity contribution < 1.29 is 32.2 Å². The van der Waals surface area contributed by atoms with Gasteiger partial charge in [-0.3, -0.25) is 4.79 Å². The zero-order valence-electron chi connectivity index (χ0n) is 21.5. The molecule has 0 saturated heterocycles. The lowest BCUT2D eigenvalue weighted by Gasteiger charge is -2.20. The molecule has 0 radical (unpaired) electrons. The van der Waals surface area contributed by atoms with E-state index in [1.165, 1.54) is 13.2 Å². The Morgan fingerprint density at radius 1 is 1.11 bits per heavy atom. The van der Waals surface area contributed by atoms with Gasteiger partial charge >= 0.3 is 12.1 Å². The van der Waals surface area contributed by atoms with Gasteiger partial charge in [0.15, 0.2) is 5.15 Å². The third kappa shape index (κ3) is 7.57. The van der Waals surface area contributed by atoms with Crippen molar-refractivity contribution in [2.24, 2.45) is 0 Å². The van der Waals surface area contributed by atoms with Crippen LogP contribution >= 0.6 is 11.6 Å². The van der Waals surface area contributed by atoms with E-state index in [1.807, 2.05) is 22.0 Å². The summed E-state index contributed by atoms with van der Waals surface area (Å²) in [6.07, 6.45) is -3.10. The number of ether oxygens (including phenoxy) is 3. The average molecular weight is 554 g/mol. The fourth-order valence-corrected chi connectivity index (χ4v) is 4.20. The highest BCUT2D eigenvalue weighted by molar-refractivity contribution is 6.30. The van der Waals surface area contributed by atoms with Gasteiger partial charge in [-0.25, -0.2) is 4.98 Å². The van der Waals surface area contributed by atoms with Crippen LogP contribution in [0.15, 0.2) is 48.5 Å². The van der Waals surface area contributed by atoms with E-state index in [1.54, 1.807) is 37.4 Å². The van der Waals surface area contributed by atoms with Crippen LogP contribution in [-0.2, 0) is 32.0 Å². The van der Waals surface area contributed by atoms with Gasteiger partial charge in [-0.15, -0.1) is 0 Å². The Labute approximate surface area is 224 Å². The molecule has 1 amide bonds. The number of anilines is 1. The molecule has 1 N–H and O–H groups in total. The van der Waals surface area contributed by atoms with E-state index >= 15 is 0 Å². The first-order valence-corrected chi connectivity index (χ1v) is 12.5. The van der Waals surface area contributed by atoms with Crippen LogP contribution in [0.1, 0.15) is 43.1 Å². The molecule has 3 aromatic rings. The lowest BCUT2D eigenvalue weighted by Crippen LogP contribution is -2.30. The quantitative estimate of drug-likeness (QED) is 0.196. The number of carbonyl (C=O) groups is 1. The Balaban J connectivity index is 1.90. The number of halogens is 4. The second kappa shape index (κ2) is 13.7. The number of rotatable bonds is 13. The first-order chi connectivity index (χ1) is 18.2. The van der Waals surface area contributed by atoms with E-state index in [2.05, 4.69) is 11.9 Å². The van der Waals surface area contributed by atoms with Gasteiger partial charge in [-0.2, -0.15) is 13.2 Å². The molecule has 7 nitrogen and oxygen atoms in total. The smallest absolute Gasteiger partial charge is 0.382 e. The monoisotopic (exact) mass is 553 g/mol. The van der Waals surface area contributed by atoms with Gasteiger partial charge in [0.25, 0.3) is 0 Å². The van der Waals surface area contributed by atoms with E-state index in [0.29, 0.717) is 41.7 Å². The number of para-hydroxylation sites is 1. The summed E-state index contributed by atoms with van der Waals surface area (Å²) in [6.45, 7) is 3.21. The van der Waals surface area contributed by atoms with Crippen molar-refractivity contribution in [2.75, 3.05) is 32.8 Å². The SMILES string of the molecule is CCCCc1nc(Cl)c(C(OC)OCCOC)n1Cc1ccc(-c2ccccc2NC(=O)C(F)(F)F)cc1. The number of aryl methyl sites for hydroxylation is 1. The Hall–Kier alpha value is -2.92. The van der Waals surface area contributed by atoms with Gasteiger partial charge in [0.2, 0.25) is 6.29 Å². The van der Waals surface area contributed by atoms with E-state index in [9.17, 15) is 18.0 Å². The first-order valence-electron chi connectivity index (χ1n) is 12.1. The Morgan fingerprint density at radius 3 is 2.45 bits per heavy atom. The van der Waals surface area contributed by atoms with Crippen LogP contribution in [0.3, 0.4) is 0 Å². The molecule has 38 heavy (non-hydrogen) atoms. The largest absolute Gasteiger partial charge is 0.471 e. The van der Waals surface area contributed by atoms with Crippen molar-refractivity contribution in [3.05, 3.63) is 70.8 Å². The van der Waals surface area contributed by atoms with Crippen LogP contribution < -0.4 is 5.32 Å². The van der Waals surface area contributed by atoms with Crippen molar-refractivity contribution in [3.8, 4) is 11.1 Å². The van der Waals surface area contributed by atoms with Gasteiger partial charge in [0.1, 0.15) is 11.5 Å². The summed E-state index contributed by atoms with van der Waals surface area (Å²) in [5, 5.41) is 2.25. The van der Waals surface area contributed by atoms with Gasteiger partial charge in [-0.05, 0) is 23.6 Å². The number of alkyl halides is 3. The number of methoxy groups -OCH3 is 2. The molecule has 1 heterocycles. The van der Waals surface area contributed by atoms with E-state index in [-0.39, 0.29) is 5.69 Å². The maximum Gasteiger partial charge on any atom is 0.471 e. The van der Waals surface area contributed by atoms with Crippen molar-refractivity contribution in [3.63, 3.8) is 0 Å². The lowest BCUT2D eigenvalue weighted by molar-refractivity contribution is -0.167. The van der Waals surface area contributed by atoms with Crippen LogP contribution in [0.4, 0.5) is 18.9 Å². The summed E-state index contributed by atoms with van der Waals surface area (Å²) in [5.41, 5.74) is 2.70. The molecular formula is C27H31ClF3N3O4. The number of benzene rings is 2. The maximum absolute atomic E-state index is 12.8. The summed E-state index contributed by atoms with van der Waals surface area (Å²) in [5.74, 6) is -1.22. The fraction of sp³-hybridized carbons (Fsp3) is 0.407. The number of amides is 1. The third-order valence-corrected chi connectivity index (χ3v) is 6.11.